The minimum atomic E-state index is 0.317. The summed E-state index contributed by atoms with van der Waals surface area (Å²) in [4.78, 5) is 4.90. The highest BCUT2D eigenvalue weighted by Gasteiger charge is 2.34. The Morgan fingerprint density at radius 2 is 2.14 bits per heavy atom. The highest BCUT2D eigenvalue weighted by Crippen LogP contribution is 2.31. The molecule has 1 N–H and O–H groups in total. The Balaban J connectivity index is 1.57. The fourth-order valence-electron chi connectivity index (χ4n) is 3.72. The number of hydrogen-bond donors (Lipinski definition) is 1. The summed E-state index contributed by atoms with van der Waals surface area (Å²) >= 11 is 0. The molecule has 1 aromatic carbocycles. The number of rotatable bonds is 2. The van der Waals surface area contributed by atoms with E-state index < -0.39 is 0 Å². The van der Waals surface area contributed by atoms with Crippen LogP contribution in [0.25, 0.3) is 11.0 Å². The molecule has 5 nitrogen and oxygen atoms in total. The van der Waals surface area contributed by atoms with Crippen molar-refractivity contribution in [2.24, 2.45) is 5.92 Å². The Morgan fingerprint density at radius 1 is 1.24 bits per heavy atom. The first-order chi connectivity index (χ1) is 10.3. The van der Waals surface area contributed by atoms with Gasteiger partial charge in [-0.1, -0.05) is 17.3 Å². The number of aliphatic hydroxyl groups is 1. The van der Waals surface area contributed by atoms with Crippen molar-refractivity contribution in [3.8, 4) is 0 Å². The summed E-state index contributed by atoms with van der Waals surface area (Å²) in [7, 11) is 0. The van der Waals surface area contributed by atoms with E-state index in [0.717, 1.165) is 55.8 Å². The summed E-state index contributed by atoms with van der Waals surface area (Å²) in [6.07, 6.45) is 2.21. The van der Waals surface area contributed by atoms with Crippen LogP contribution in [0.15, 0.2) is 28.8 Å². The zero-order valence-electron chi connectivity index (χ0n) is 12.1. The second-order valence-corrected chi connectivity index (χ2v) is 6.21. The number of piperidine rings is 1. The molecule has 112 valence electrons. The Labute approximate surface area is 124 Å². The second kappa shape index (κ2) is 5.31. The predicted molar refractivity (Wildman–Crippen MR) is 81.4 cm³/mol. The number of hydrogen-bond acceptors (Lipinski definition) is 5. The third kappa shape index (κ3) is 2.30. The van der Waals surface area contributed by atoms with Gasteiger partial charge in [-0.05, 0) is 37.4 Å². The summed E-state index contributed by atoms with van der Waals surface area (Å²) in [6.45, 7) is 4.48. The molecule has 3 heterocycles. The van der Waals surface area contributed by atoms with Gasteiger partial charge in [0.25, 0.3) is 0 Å². The third-order valence-electron chi connectivity index (χ3n) is 4.95. The molecule has 21 heavy (non-hydrogen) atoms. The fourth-order valence-corrected chi connectivity index (χ4v) is 3.72. The third-order valence-corrected chi connectivity index (χ3v) is 4.95. The molecule has 2 atom stereocenters. The second-order valence-electron chi connectivity index (χ2n) is 6.21. The minimum absolute atomic E-state index is 0.317. The van der Waals surface area contributed by atoms with E-state index in [1.165, 1.54) is 0 Å². The first-order valence-electron chi connectivity index (χ1n) is 7.79. The molecular weight excluding hydrogens is 266 g/mol. The molecule has 0 spiro atoms. The smallest absolute Gasteiger partial charge is 0.180 e. The highest BCUT2D eigenvalue weighted by molar-refractivity contribution is 5.88. The standard InChI is InChI=1S/C16H21N3O2/c20-11-12-5-6-18-7-8-19(10-13(18)9-12)16-14-3-1-2-4-15(14)21-17-16/h1-4,12-13,20H,5-11H2/t12-,13+/m1/s1. The van der Waals surface area contributed by atoms with Crippen molar-refractivity contribution < 1.29 is 9.63 Å². The Morgan fingerprint density at radius 3 is 3.05 bits per heavy atom. The van der Waals surface area contributed by atoms with E-state index in [1.807, 2.05) is 18.2 Å². The number of anilines is 1. The monoisotopic (exact) mass is 287 g/mol. The van der Waals surface area contributed by atoms with Crippen LogP contribution in [0.2, 0.25) is 0 Å². The summed E-state index contributed by atoms with van der Waals surface area (Å²) in [5.74, 6) is 1.43. The lowest BCUT2D eigenvalue weighted by Gasteiger charge is -2.46. The van der Waals surface area contributed by atoms with Crippen molar-refractivity contribution in [3.63, 3.8) is 0 Å². The first-order valence-corrected chi connectivity index (χ1v) is 7.79. The molecule has 4 rings (SSSR count). The van der Waals surface area contributed by atoms with Gasteiger partial charge < -0.3 is 14.5 Å². The minimum Gasteiger partial charge on any atom is -0.396 e. The largest absolute Gasteiger partial charge is 0.396 e. The molecule has 0 amide bonds. The van der Waals surface area contributed by atoms with Crippen molar-refractivity contribution >= 4 is 16.8 Å². The van der Waals surface area contributed by atoms with E-state index in [1.54, 1.807) is 0 Å². The van der Waals surface area contributed by atoms with Gasteiger partial charge in [-0.3, -0.25) is 4.90 Å². The van der Waals surface area contributed by atoms with E-state index >= 15 is 0 Å². The molecule has 2 fully saturated rings. The van der Waals surface area contributed by atoms with Crippen LogP contribution in [-0.2, 0) is 0 Å². The molecule has 0 saturated carbocycles. The maximum atomic E-state index is 9.41. The number of nitrogens with zero attached hydrogens (tertiary/aromatic N) is 3. The normalized spacial score (nSPS) is 27.0. The lowest BCUT2D eigenvalue weighted by Crippen LogP contribution is -2.56. The molecule has 0 bridgehead atoms. The summed E-state index contributed by atoms with van der Waals surface area (Å²) in [6, 6.07) is 8.57. The number of para-hydroxylation sites is 1. The van der Waals surface area contributed by atoms with Crippen molar-refractivity contribution in [1.29, 1.82) is 0 Å². The Bertz CT molecular complexity index is 627. The van der Waals surface area contributed by atoms with Gasteiger partial charge in [0.15, 0.2) is 11.4 Å². The molecule has 0 unspecified atom stereocenters. The highest BCUT2D eigenvalue weighted by atomic mass is 16.5. The Kier molecular flexibility index (Phi) is 3.31. The van der Waals surface area contributed by atoms with Gasteiger partial charge >= 0.3 is 0 Å². The van der Waals surface area contributed by atoms with Crippen molar-refractivity contribution in [1.82, 2.24) is 10.1 Å². The number of piperazine rings is 1. The SMILES string of the molecule is OC[C@@H]1CCN2CCN(c3noc4ccccc34)C[C@@H]2C1. The van der Waals surface area contributed by atoms with Gasteiger partial charge in [-0.2, -0.15) is 0 Å². The molecule has 0 radical (unpaired) electrons. The van der Waals surface area contributed by atoms with Gasteiger partial charge in [0.2, 0.25) is 0 Å². The van der Waals surface area contributed by atoms with Crippen LogP contribution in [0.4, 0.5) is 5.82 Å². The van der Waals surface area contributed by atoms with E-state index in [4.69, 9.17) is 4.52 Å². The zero-order chi connectivity index (χ0) is 14.2. The number of fused-ring (bicyclic) bond motifs is 2. The molecule has 2 aliphatic heterocycles. The van der Waals surface area contributed by atoms with Crippen LogP contribution in [-0.4, -0.2) is 54.0 Å². The van der Waals surface area contributed by atoms with Crippen LogP contribution < -0.4 is 4.90 Å². The van der Waals surface area contributed by atoms with Crippen molar-refractivity contribution in [3.05, 3.63) is 24.3 Å². The van der Waals surface area contributed by atoms with Crippen LogP contribution in [0.1, 0.15) is 12.8 Å². The van der Waals surface area contributed by atoms with E-state index in [2.05, 4.69) is 21.0 Å². The molecule has 2 aromatic rings. The van der Waals surface area contributed by atoms with E-state index in [0.29, 0.717) is 18.6 Å². The van der Waals surface area contributed by atoms with Gasteiger partial charge in [0, 0.05) is 32.3 Å². The van der Waals surface area contributed by atoms with Crippen molar-refractivity contribution in [2.75, 3.05) is 37.7 Å². The van der Waals surface area contributed by atoms with Crippen LogP contribution in [0.5, 0.6) is 0 Å². The number of aliphatic hydroxyl groups excluding tert-OH is 1. The summed E-state index contributed by atoms with van der Waals surface area (Å²) in [5.41, 5.74) is 0.854. The topological polar surface area (TPSA) is 52.7 Å². The zero-order valence-corrected chi connectivity index (χ0v) is 12.1. The van der Waals surface area contributed by atoms with Gasteiger partial charge in [-0.25, -0.2) is 0 Å². The average molecular weight is 287 g/mol. The van der Waals surface area contributed by atoms with E-state index in [9.17, 15) is 5.11 Å². The van der Waals surface area contributed by atoms with Gasteiger partial charge in [0.05, 0.1) is 5.39 Å². The molecule has 0 aliphatic carbocycles. The molecule has 2 saturated heterocycles. The van der Waals surface area contributed by atoms with Gasteiger partial charge in [0.1, 0.15) is 0 Å². The lowest BCUT2D eigenvalue weighted by atomic mass is 9.90. The van der Waals surface area contributed by atoms with Crippen LogP contribution in [0, 0.1) is 5.92 Å². The number of benzene rings is 1. The maximum absolute atomic E-state index is 9.41. The molecule has 2 aliphatic rings. The molecule has 1 aromatic heterocycles. The fraction of sp³-hybridized carbons (Fsp3) is 0.562. The van der Waals surface area contributed by atoms with Gasteiger partial charge in [-0.15, -0.1) is 0 Å². The molecule has 5 heteroatoms. The predicted octanol–water partition coefficient (Wildman–Crippen LogP) is 1.72. The summed E-state index contributed by atoms with van der Waals surface area (Å²) in [5, 5.41) is 14.8. The summed E-state index contributed by atoms with van der Waals surface area (Å²) < 4.78 is 5.44. The van der Waals surface area contributed by atoms with Crippen molar-refractivity contribution in [2.45, 2.75) is 18.9 Å². The first kappa shape index (κ1) is 13.1. The Hall–Kier alpha value is -1.59. The maximum Gasteiger partial charge on any atom is 0.180 e. The lowest BCUT2D eigenvalue weighted by molar-refractivity contribution is 0.0725. The van der Waals surface area contributed by atoms with Crippen LogP contribution >= 0.6 is 0 Å². The molecular formula is C16H21N3O2. The average Bonchev–Trinajstić information content (AvgIpc) is 2.98. The van der Waals surface area contributed by atoms with Crippen LogP contribution in [0.3, 0.4) is 0 Å². The quantitative estimate of drug-likeness (QED) is 0.911. The number of aromatic nitrogens is 1. The van der Waals surface area contributed by atoms with E-state index in [-0.39, 0.29) is 0 Å².